The lowest BCUT2D eigenvalue weighted by Crippen LogP contribution is -2.14. The summed E-state index contributed by atoms with van der Waals surface area (Å²) in [6.07, 6.45) is 0. The molecule has 3 nitrogen and oxygen atoms in total. The number of aryl methyl sites for hydroxylation is 1. The molecule has 0 atom stereocenters. The van der Waals surface area contributed by atoms with E-state index in [0.717, 1.165) is 20.4 Å². The van der Waals surface area contributed by atoms with Crippen LogP contribution in [0.2, 0.25) is 0 Å². The highest BCUT2D eigenvalue weighted by Crippen LogP contribution is 2.18. The number of hydrogen-bond acceptors (Lipinski definition) is 2. The van der Waals surface area contributed by atoms with Crippen LogP contribution in [0, 0.1) is 10.5 Å². The first-order valence-electron chi connectivity index (χ1n) is 5.97. The fourth-order valence-corrected chi connectivity index (χ4v) is 2.40. The standard InChI is InChI=1S/C15H15IN2O/c1-10-4-2-7-13(14(10)16)15(19)18-12-6-3-5-11(8-12)9-17/h2-8H,9,17H2,1H3,(H,18,19). The maximum absolute atomic E-state index is 12.2. The molecule has 4 heteroatoms. The summed E-state index contributed by atoms with van der Waals surface area (Å²) in [6, 6.07) is 13.3. The van der Waals surface area contributed by atoms with Gasteiger partial charge in [-0.15, -0.1) is 0 Å². The van der Waals surface area contributed by atoms with Crippen LogP contribution < -0.4 is 11.1 Å². The summed E-state index contributed by atoms with van der Waals surface area (Å²) in [5, 5.41) is 2.90. The fraction of sp³-hybridized carbons (Fsp3) is 0.133. The molecule has 2 aromatic carbocycles. The minimum absolute atomic E-state index is 0.0951. The van der Waals surface area contributed by atoms with E-state index in [9.17, 15) is 4.79 Å². The first-order valence-corrected chi connectivity index (χ1v) is 7.05. The van der Waals surface area contributed by atoms with E-state index in [2.05, 4.69) is 27.9 Å². The van der Waals surface area contributed by atoms with E-state index in [4.69, 9.17) is 5.73 Å². The first-order chi connectivity index (χ1) is 9.11. The highest BCUT2D eigenvalue weighted by Gasteiger charge is 2.11. The maximum Gasteiger partial charge on any atom is 0.256 e. The molecule has 0 aliphatic rings. The van der Waals surface area contributed by atoms with Gasteiger partial charge in [0.2, 0.25) is 0 Å². The summed E-state index contributed by atoms with van der Waals surface area (Å²) in [5.41, 5.74) is 9.15. The van der Waals surface area contributed by atoms with Crippen LogP contribution in [0.1, 0.15) is 21.5 Å². The summed E-state index contributed by atoms with van der Waals surface area (Å²) in [6.45, 7) is 2.46. The smallest absolute Gasteiger partial charge is 0.256 e. The Morgan fingerprint density at radius 3 is 2.74 bits per heavy atom. The molecule has 0 saturated carbocycles. The minimum Gasteiger partial charge on any atom is -0.326 e. The van der Waals surface area contributed by atoms with Gasteiger partial charge in [-0.3, -0.25) is 4.79 Å². The molecule has 0 unspecified atom stereocenters. The van der Waals surface area contributed by atoms with Gasteiger partial charge in [0.15, 0.2) is 0 Å². The Bertz CT molecular complexity index is 611. The first kappa shape index (κ1) is 14.0. The maximum atomic E-state index is 12.2. The number of hydrogen-bond donors (Lipinski definition) is 2. The zero-order valence-electron chi connectivity index (χ0n) is 10.6. The van der Waals surface area contributed by atoms with E-state index >= 15 is 0 Å². The number of anilines is 1. The molecule has 0 radical (unpaired) electrons. The van der Waals surface area contributed by atoms with Crippen LogP contribution in [0.4, 0.5) is 5.69 Å². The van der Waals surface area contributed by atoms with Crippen LogP contribution in [0.5, 0.6) is 0 Å². The normalized spacial score (nSPS) is 10.3. The van der Waals surface area contributed by atoms with E-state index in [-0.39, 0.29) is 5.91 Å². The molecular formula is C15H15IN2O. The third-order valence-electron chi connectivity index (χ3n) is 2.86. The van der Waals surface area contributed by atoms with Gasteiger partial charge in [0.05, 0.1) is 5.56 Å². The Morgan fingerprint density at radius 2 is 2.00 bits per heavy atom. The Morgan fingerprint density at radius 1 is 1.26 bits per heavy atom. The lowest BCUT2D eigenvalue weighted by Gasteiger charge is -2.09. The van der Waals surface area contributed by atoms with Crippen LogP contribution in [0.25, 0.3) is 0 Å². The van der Waals surface area contributed by atoms with Gasteiger partial charge in [-0.05, 0) is 58.8 Å². The van der Waals surface area contributed by atoms with E-state index < -0.39 is 0 Å². The molecule has 2 rings (SSSR count). The highest BCUT2D eigenvalue weighted by atomic mass is 127. The summed E-state index contributed by atoms with van der Waals surface area (Å²) < 4.78 is 0.979. The van der Waals surface area contributed by atoms with Crippen molar-refractivity contribution in [2.24, 2.45) is 5.73 Å². The molecule has 0 spiro atoms. The van der Waals surface area contributed by atoms with Gasteiger partial charge in [0, 0.05) is 15.8 Å². The SMILES string of the molecule is Cc1cccc(C(=O)Nc2cccc(CN)c2)c1I. The van der Waals surface area contributed by atoms with Gasteiger partial charge < -0.3 is 11.1 Å². The Labute approximate surface area is 126 Å². The zero-order valence-corrected chi connectivity index (χ0v) is 12.8. The minimum atomic E-state index is -0.0951. The quantitative estimate of drug-likeness (QED) is 0.819. The van der Waals surface area contributed by atoms with Gasteiger partial charge in [-0.25, -0.2) is 0 Å². The second kappa shape index (κ2) is 6.16. The fourth-order valence-electron chi connectivity index (χ4n) is 1.80. The zero-order chi connectivity index (χ0) is 13.8. The van der Waals surface area contributed by atoms with Gasteiger partial charge >= 0.3 is 0 Å². The van der Waals surface area contributed by atoms with Crippen LogP contribution in [0.15, 0.2) is 42.5 Å². The molecule has 0 fully saturated rings. The molecule has 98 valence electrons. The van der Waals surface area contributed by atoms with Crippen LogP contribution >= 0.6 is 22.6 Å². The number of amides is 1. The van der Waals surface area contributed by atoms with Gasteiger partial charge in [-0.1, -0.05) is 24.3 Å². The third kappa shape index (κ3) is 3.33. The second-order valence-corrected chi connectivity index (χ2v) is 5.37. The second-order valence-electron chi connectivity index (χ2n) is 4.30. The van der Waals surface area contributed by atoms with Crippen molar-refractivity contribution in [2.45, 2.75) is 13.5 Å². The lowest BCUT2D eigenvalue weighted by atomic mass is 10.1. The van der Waals surface area contributed by atoms with Crippen molar-refractivity contribution in [3.63, 3.8) is 0 Å². The molecule has 19 heavy (non-hydrogen) atoms. The monoisotopic (exact) mass is 366 g/mol. The Kier molecular flexibility index (Phi) is 4.55. The largest absolute Gasteiger partial charge is 0.326 e. The van der Waals surface area contributed by atoms with E-state index in [1.54, 1.807) is 0 Å². The molecule has 0 aromatic heterocycles. The number of rotatable bonds is 3. The summed E-state index contributed by atoms with van der Waals surface area (Å²) >= 11 is 2.20. The van der Waals surface area contributed by atoms with Gasteiger partial charge in [-0.2, -0.15) is 0 Å². The predicted molar refractivity (Wildman–Crippen MR) is 86.2 cm³/mol. The van der Waals surface area contributed by atoms with Crippen molar-refractivity contribution < 1.29 is 4.79 Å². The predicted octanol–water partition coefficient (Wildman–Crippen LogP) is 3.31. The van der Waals surface area contributed by atoms with Crippen LogP contribution in [-0.4, -0.2) is 5.91 Å². The number of nitrogens with one attached hydrogen (secondary N) is 1. The third-order valence-corrected chi connectivity index (χ3v) is 4.29. The van der Waals surface area contributed by atoms with E-state index in [0.29, 0.717) is 12.1 Å². The highest BCUT2D eigenvalue weighted by molar-refractivity contribution is 14.1. The lowest BCUT2D eigenvalue weighted by molar-refractivity contribution is 0.102. The number of nitrogens with two attached hydrogens (primary N) is 1. The van der Waals surface area contributed by atoms with Crippen molar-refractivity contribution >= 4 is 34.2 Å². The van der Waals surface area contributed by atoms with Crippen molar-refractivity contribution in [1.82, 2.24) is 0 Å². The molecule has 0 aliphatic carbocycles. The van der Waals surface area contributed by atoms with Crippen molar-refractivity contribution in [3.8, 4) is 0 Å². The topological polar surface area (TPSA) is 55.1 Å². The number of benzene rings is 2. The number of carbonyl (C=O) groups is 1. The number of carbonyl (C=O) groups excluding carboxylic acids is 1. The van der Waals surface area contributed by atoms with Gasteiger partial charge in [0.1, 0.15) is 0 Å². The Balaban J connectivity index is 2.23. The molecule has 2 aromatic rings. The van der Waals surface area contributed by atoms with Crippen LogP contribution in [0.3, 0.4) is 0 Å². The van der Waals surface area contributed by atoms with E-state index in [1.165, 1.54) is 0 Å². The van der Waals surface area contributed by atoms with Crippen molar-refractivity contribution in [1.29, 1.82) is 0 Å². The van der Waals surface area contributed by atoms with Crippen LogP contribution in [-0.2, 0) is 6.54 Å². The molecule has 0 heterocycles. The number of halogens is 1. The molecule has 0 saturated heterocycles. The van der Waals surface area contributed by atoms with Crippen molar-refractivity contribution in [3.05, 3.63) is 62.7 Å². The van der Waals surface area contributed by atoms with Crippen molar-refractivity contribution in [2.75, 3.05) is 5.32 Å². The summed E-state index contributed by atoms with van der Waals surface area (Å²) in [7, 11) is 0. The molecular weight excluding hydrogens is 351 g/mol. The summed E-state index contributed by atoms with van der Waals surface area (Å²) in [4.78, 5) is 12.2. The molecule has 3 N–H and O–H groups in total. The Hall–Kier alpha value is -1.40. The summed E-state index contributed by atoms with van der Waals surface area (Å²) in [5.74, 6) is -0.0951. The average molecular weight is 366 g/mol. The molecule has 1 amide bonds. The average Bonchev–Trinajstić information content (AvgIpc) is 2.42. The molecule has 0 aliphatic heterocycles. The molecule has 0 bridgehead atoms. The van der Waals surface area contributed by atoms with Gasteiger partial charge in [0.25, 0.3) is 5.91 Å². The van der Waals surface area contributed by atoms with E-state index in [1.807, 2.05) is 49.4 Å².